The number of nitrogens with two attached hydrogens (primary N) is 1. The Labute approximate surface area is 94.5 Å². The van der Waals surface area contributed by atoms with Crippen LogP contribution in [0, 0.1) is 0 Å². The fraction of sp³-hybridized carbons (Fsp3) is 0.500. The third-order valence-corrected chi connectivity index (χ3v) is 3.41. The van der Waals surface area contributed by atoms with Gasteiger partial charge in [0.15, 0.2) is 5.65 Å². The second kappa shape index (κ2) is 3.28. The van der Waals surface area contributed by atoms with Gasteiger partial charge in [-0.25, -0.2) is 9.97 Å². The summed E-state index contributed by atoms with van der Waals surface area (Å²) in [5, 5.41) is 0. The molecule has 16 heavy (non-hydrogen) atoms. The molecule has 1 aliphatic rings. The number of aryl methyl sites for hydroxylation is 2. The zero-order valence-corrected chi connectivity index (χ0v) is 9.48. The molecule has 84 valence electrons. The molecule has 0 saturated heterocycles. The molecule has 2 heterocycles. The van der Waals surface area contributed by atoms with E-state index in [0.717, 1.165) is 24.0 Å². The molecule has 1 aliphatic carbocycles. The van der Waals surface area contributed by atoms with Gasteiger partial charge in [0.25, 0.3) is 0 Å². The third kappa shape index (κ3) is 1.69. The van der Waals surface area contributed by atoms with Crippen LogP contribution in [-0.2, 0) is 13.5 Å². The Bertz CT molecular complexity index is 525. The number of rotatable bonds is 3. The Morgan fingerprint density at radius 1 is 1.44 bits per heavy atom. The number of hydrogen-bond acceptors (Lipinski definition) is 3. The van der Waals surface area contributed by atoms with Crippen LogP contribution < -0.4 is 5.73 Å². The largest absolute Gasteiger partial charge is 0.325 e. The van der Waals surface area contributed by atoms with E-state index in [2.05, 4.69) is 16.0 Å². The van der Waals surface area contributed by atoms with Crippen LogP contribution >= 0.6 is 0 Å². The zero-order valence-electron chi connectivity index (χ0n) is 9.48. The number of imidazole rings is 1. The number of fused-ring (bicyclic) bond motifs is 1. The van der Waals surface area contributed by atoms with Crippen molar-refractivity contribution in [2.75, 3.05) is 0 Å². The van der Waals surface area contributed by atoms with Crippen LogP contribution in [0.25, 0.3) is 11.2 Å². The average molecular weight is 216 g/mol. The average Bonchev–Trinajstić information content (AvgIpc) is 2.91. The predicted octanol–water partition coefficient (Wildman–Crippen LogP) is 1.39. The fourth-order valence-corrected chi connectivity index (χ4v) is 2.00. The Hall–Kier alpha value is -1.42. The summed E-state index contributed by atoms with van der Waals surface area (Å²) in [5.41, 5.74) is 9.35. The van der Waals surface area contributed by atoms with E-state index in [9.17, 15) is 0 Å². The highest BCUT2D eigenvalue weighted by Gasteiger charge is 2.37. The van der Waals surface area contributed by atoms with Crippen LogP contribution in [0.15, 0.2) is 18.6 Å². The molecule has 0 spiro atoms. The predicted molar refractivity (Wildman–Crippen MR) is 63.0 cm³/mol. The maximum absolute atomic E-state index is 6.07. The van der Waals surface area contributed by atoms with E-state index in [1.807, 2.05) is 17.8 Å². The minimum absolute atomic E-state index is 0.124. The van der Waals surface area contributed by atoms with Gasteiger partial charge in [0.1, 0.15) is 5.52 Å². The molecular formula is C12H16N4. The number of pyridine rings is 1. The Morgan fingerprint density at radius 3 is 3.00 bits per heavy atom. The lowest BCUT2D eigenvalue weighted by Gasteiger charge is -2.07. The van der Waals surface area contributed by atoms with Gasteiger partial charge in [0.05, 0.1) is 6.33 Å². The van der Waals surface area contributed by atoms with E-state index in [0.29, 0.717) is 0 Å². The highest BCUT2D eigenvalue weighted by molar-refractivity contribution is 5.70. The second-order valence-electron chi connectivity index (χ2n) is 4.90. The molecule has 1 fully saturated rings. The van der Waals surface area contributed by atoms with Gasteiger partial charge in [-0.1, -0.05) is 0 Å². The highest BCUT2D eigenvalue weighted by Crippen LogP contribution is 2.36. The lowest BCUT2D eigenvalue weighted by atomic mass is 10.1. The summed E-state index contributed by atoms with van der Waals surface area (Å²) in [6, 6.07) is 2.12. The van der Waals surface area contributed by atoms with Gasteiger partial charge in [0, 0.05) is 18.8 Å². The molecule has 4 nitrogen and oxygen atoms in total. The summed E-state index contributed by atoms with van der Waals surface area (Å²) in [6.45, 7) is 0. The maximum Gasteiger partial charge on any atom is 0.159 e. The Morgan fingerprint density at radius 2 is 2.25 bits per heavy atom. The first-order chi connectivity index (χ1) is 7.66. The summed E-state index contributed by atoms with van der Waals surface area (Å²) >= 11 is 0. The minimum atomic E-state index is 0.124. The Kier molecular flexibility index (Phi) is 2.01. The first-order valence-electron chi connectivity index (χ1n) is 5.71. The molecule has 4 heteroatoms. The van der Waals surface area contributed by atoms with Gasteiger partial charge in [-0.15, -0.1) is 0 Å². The topological polar surface area (TPSA) is 56.7 Å². The van der Waals surface area contributed by atoms with Crippen LogP contribution in [-0.4, -0.2) is 20.1 Å². The summed E-state index contributed by atoms with van der Waals surface area (Å²) < 4.78 is 1.93. The molecule has 2 aromatic rings. The van der Waals surface area contributed by atoms with Crippen molar-refractivity contribution >= 4 is 11.2 Å². The molecule has 0 atom stereocenters. The first kappa shape index (κ1) is 9.78. The van der Waals surface area contributed by atoms with E-state index in [4.69, 9.17) is 5.73 Å². The van der Waals surface area contributed by atoms with Gasteiger partial charge in [-0.05, 0) is 37.3 Å². The SMILES string of the molecule is Cn1cnc2cc(CCC3(N)CC3)cnc21. The maximum atomic E-state index is 6.07. The summed E-state index contributed by atoms with van der Waals surface area (Å²) in [6.07, 6.45) is 8.16. The van der Waals surface area contributed by atoms with Crippen molar-refractivity contribution < 1.29 is 0 Å². The van der Waals surface area contributed by atoms with Crippen LogP contribution in [0.2, 0.25) is 0 Å². The smallest absolute Gasteiger partial charge is 0.159 e. The quantitative estimate of drug-likeness (QED) is 0.843. The van der Waals surface area contributed by atoms with Gasteiger partial charge in [0.2, 0.25) is 0 Å². The van der Waals surface area contributed by atoms with Crippen molar-refractivity contribution in [1.82, 2.24) is 14.5 Å². The van der Waals surface area contributed by atoms with Gasteiger partial charge < -0.3 is 10.3 Å². The van der Waals surface area contributed by atoms with Gasteiger partial charge in [-0.2, -0.15) is 0 Å². The van der Waals surface area contributed by atoms with E-state index >= 15 is 0 Å². The summed E-state index contributed by atoms with van der Waals surface area (Å²) in [4.78, 5) is 8.73. The first-order valence-corrected chi connectivity index (χ1v) is 5.71. The number of hydrogen-bond donors (Lipinski definition) is 1. The minimum Gasteiger partial charge on any atom is -0.325 e. The van der Waals surface area contributed by atoms with Crippen LogP contribution in [0.4, 0.5) is 0 Å². The Balaban J connectivity index is 1.82. The van der Waals surface area contributed by atoms with Crippen LogP contribution in [0.5, 0.6) is 0 Å². The summed E-state index contributed by atoms with van der Waals surface area (Å²) in [7, 11) is 1.96. The molecule has 3 rings (SSSR count). The molecular weight excluding hydrogens is 200 g/mol. The summed E-state index contributed by atoms with van der Waals surface area (Å²) in [5.74, 6) is 0. The lowest BCUT2D eigenvalue weighted by Crippen LogP contribution is -2.22. The van der Waals surface area contributed by atoms with E-state index < -0.39 is 0 Å². The molecule has 0 amide bonds. The van der Waals surface area contributed by atoms with Gasteiger partial charge in [-0.3, -0.25) is 0 Å². The van der Waals surface area contributed by atoms with Crippen molar-refractivity contribution in [3.8, 4) is 0 Å². The van der Waals surface area contributed by atoms with E-state index in [1.165, 1.54) is 18.4 Å². The van der Waals surface area contributed by atoms with Crippen molar-refractivity contribution in [2.45, 2.75) is 31.2 Å². The van der Waals surface area contributed by atoms with E-state index in [-0.39, 0.29) is 5.54 Å². The molecule has 2 N–H and O–H groups in total. The molecule has 2 aromatic heterocycles. The lowest BCUT2D eigenvalue weighted by molar-refractivity contribution is 0.609. The van der Waals surface area contributed by atoms with Crippen molar-refractivity contribution in [2.24, 2.45) is 12.8 Å². The van der Waals surface area contributed by atoms with Crippen molar-refractivity contribution in [3.05, 3.63) is 24.2 Å². The molecule has 1 saturated carbocycles. The number of aromatic nitrogens is 3. The normalized spacial score (nSPS) is 17.9. The van der Waals surface area contributed by atoms with Gasteiger partial charge >= 0.3 is 0 Å². The van der Waals surface area contributed by atoms with Crippen molar-refractivity contribution in [3.63, 3.8) is 0 Å². The van der Waals surface area contributed by atoms with Crippen LogP contribution in [0.1, 0.15) is 24.8 Å². The molecule has 0 unspecified atom stereocenters. The monoisotopic (exact) mass is 216 g/mol. The fourth-order valence-electron chi connectivity index (χ4n) is 2.00. The second-order valence-corrected chi connectivity index (χ2v) is 4.90. The van der Waals surface area contributed by atoms with E-state index in [1.54, 1.807) is 6.33 Å². The standard InChI is InChI=1S/C12H16N4/c1-16-8-15-10-6-9(7-14-11(10)16)2-3-12(13)4-5-12/h6-8H,2-5,13H2,1H3. The molecule has 0 aromatic carbocycles. The zero-order chi connectivity index (χ0) is 11.2. The molecule has 0 bridgehead atoms. The van der Waals surface area contributed by atoms with Crippen molar-refractivity contribution in [1.29, 1.82) is 0 Å². The molecule has 0 radical (unpaired) electrons. The molecule has 0 aliphatic heterocycles. The van der Waals surface area contributed by atoms with Crippen LogP contribution in [0.3, 0.4) is 0 Å². The number of nitrogens with zero attached hydrogens (tertiary/aromatic N) is 3. The third-order valence-electron chi connectivity index (χ3n) is 3.41. The highest BCUT2D eigenvalue weighted by atomic mass is 15.1.